The van der Waals surface area contributed by atoms with Gasteiger partial charge in [0.15, 0.2) is 0 Å². The summed E-state index contributed by atoms with van der Waals surface area (Å²) in [7, 11) is 1.40. The number of carbonyl (C=O) groups excluding carboxylic acids is 1. The molecule has 2 N–H and O–H groups in total. The van der Waals surface area contributed by atoms with E-state index in [2.05, 4.69) is 5.32 Å². The standard InChI is InChI=1S/C22H21F6NO3/c1-32-18-12-14-6-4-2-3-5-13(14)11-17(18)19(30)29-16-9-7-15(8-10-16)20(31,21(23,24)25)22(26,27)28/h7-12,31H,2-6H2,1H3,(H,29,30). The van der Waals surface area contributed by atoms with Crippen LogP contribution >= 0.6 is 0 Å². The Labute approximate surface area is 180 Å². The van der Waals surface area contributed by atoms with Crippen molar-refractivity contribution in [3.8, 4) is 5.75 Å². The fourth-order valence-corrected chi connectivity index (χ4v) is 3.77. The molecular weight excluding hydrogens is 440 g/mol. The van der Waals surface area contributed by atoms with E-state index in [-0.39, 0.29) is 11.3 Å². The highest BCUT2D eigenvalue weighted by Gasteiger charge is 2.71. The molecule has 0 saturated carbocycles. The lowest BCUT2D eigenvalue weighted by molar-refractivity contribution is -0.376. The largest absolute Gasteiger partial charge is 0.496 e. The smallest absolute Gasteiger partial charge is 0.430 e. The third-order valence-electron chi connectivity index (χ3n) is 5.54. The maximum atomic E-state index is 13.0. The minimum absolute atomic E-state index is 0.0394. The molecule has 0 aliphatic heterocycles. The van der Waals surface area contributed by atoms with E-state index in [1.54, 1.807) is 12.1 Å². The predicted octanol–water partition coefficient (Wildman–Crippen LogP) is 5.53. The van der Waals surface area contributed by atoms with Crippen molar-refractivity contribution in [2.24, 2.45) is 0 Å². The fourth-order valence-electron chi connectivity index (χ4n) is 3.77. The molecule has 0 heterocycles. The molecule has 0 aromatic heterocycles. The molecule has 0 radical (unpaired) electrons. The highest BCUT2D eigenvalue weighted by Crippen LogP contribution is 2.50. The Kier molecular flexibility index (Phi) is 6.46. The van der Waals surface area contributed by atoms with Gasteiger partial charge in [-0.05, 0) is 61.1 Å². The Bertz CT molecular complexity index is 969. The van der Waals surface area contributed by atoms with Crippen molar-refractivity contribution in [1.82, 2.24) is 0 Å². The number of nitrogens with one attached hydrogen (secondary N) is 1. The van der Waals surface area contributed by atoms with Gasteiger partial charge in [0.05, 0.1) is 12.7 Å². The number of carbonyl (C=O) groups is 1. The molecule has 0 fully saturated rings. The number of anilines is 1. The number of amides is 1. The third-order valence-corrected chi connectivity index (χ3v) is 5.54. The van der Waals surface area contributed by atoms with E-state index in [9.17, 15) is 36.2 Å². The average Bonchev–Trinajstić information content (AvgIpc) is 2.95. The minimum Gasteiger partial charge on any atom is -0.496 e. The van der Waals surface area contributed by atoms with Crippen LogP contribution in [-0.2, 0) is 18.4 Å². The van der Waals surface area contributed by atoms with Crippen LogP contribution in [0.15, 0.2) is 36.4 Å². The summed E-state index contributed by atoms with van der Waals surface area (Å²) in [6.45, 7) is 0. The summed E-state index contributed by atoms with van der Waals surface area (Å²) in [5.41, 5.74) is -4.18. The highest BCUT2D eigenvalue weighted by atomic mass is 19.4. The van der Waals surface area contributed by atoms with Gasteiger partial charge in [-0.25, -0.2) is 0 Å². The predicted molar refractivity (Wildman–Crippen MR) is 105 cm³/mol. The van der Waals surface area contributed by atoms with E-state index < -0.39 is 29.4 Å². The number of fused-ring (bicyclic) bond motifs is 1. The van der Waals surface area contributed by atoms with Crippen LogP contribution in [0.3, 0.4) is 0 Å². The van der Waals surface area contributed by atoms with Crippen molar-refractivity contribution in [3.63, 3.8) is 0 Å². The Hall–Kier alpha value is -2.75. The molecule has 2 aromatic carbocycles. The number of ether oxygens (including phenoxy) is 1. The second kappa shape index (κ2) is 8.65. The second-order valence-corrected chi connectivity index (χ2v) is 7.62. The second-order valence-electron chi connectivity index (χ2n) is 7.62. The van der Waals surface area contributed by atoms with Crippen LogP contribution in [0.2, 0.25) is 0 Å². The van der Waals surface area contributed by atoms with Gasteiger partial charge in [-0.2, -0.15) is 26.3 Å². The molecule has 0 spiro atoms. The van der Waals surface area contributed by atoms with Crippen LogP contribution in [-0.4, -0.2) is 30.5 Å². The molecule has 1 aliphatic carbocycles. The summed E-state index contributed by atoms with van der Waals surface area (Å²) in [6, 6.07) is 6.17. The Morgan fingerprint density at radius 2 is 1.44 bits per heavy atom. The highest BCUT2D eigenvalue weighted by molar-refractivity contribution is 6.06. The van der Waals surface area contributed by atoms with E-state index in [1.807, 2.05) is 0 Å². The Morgan fingerprint density at radius 1 is 0.906 bits per heavy atom. The lowest BCUT2D eigenvalue weighted by Gasteiger charge is -2.32. The van der Waals surface area contributed by atoms with Crippen molar-refractivity contribution in [3.05, 3.63) is 58.7 Å². The third kappa shape index (κ3) is 4.41. The van der Waals surface area contributed by atoms with Crippen LogP contribution in [0.1, 0.15) is 46.3 Å². The zero-order chi connectivity index (χ0) is 23.7. The first-order chi connectivity index (χ1) is 14.9. The number of alkyl halides is 6. The number of rotatable bonds is 4. The van der Waals surface area contributed by atoms with Crippen LogP contribution < -0.4 is 10.1 Å². The normalized spacial score (nSPS) is 15.0. The number of aryl methyl sites for hydroxylation is 2. The molecule has 1 aliphatic rings. The van der Waals surface area contributed by atoms with Gasteiger partial charge in [0.2, 0.25) is 0 Å². The maximum absolute atomic E-state index is 13.0. The van der Waals surface area contributed by atoms with Gasteiger partial charge < -0.3 is 15.2 Å². The molecule has 4 nitrogen and oxygen atoms in total. The lowest BCUT2D eigenvalue weighted by atomic mass is 9.92. The monoisotopic (exact) mass is 461 g/mol. The van der Waals surface area contributed by atoms with E-state index in [0.29, 0.717) is 17.9 Å². The first kappa shape index (κ1) is 23.9. The SMILES string of the molecule is COc1cc2c(cc1C(=O)Nc1ccc(C(O)(C(F)(F)F)C(F)(F)F)cc1)CCCCC2. The molecule has 1 amide bonds. The van der Waals surface area contributed by atoms with Crippen LogP contribution in [0, 0.1) is 0 Å². The molecule has 2 aromatic rings. The Morgan fingerprint density at radius 3 is 1.94 bits per heavy atom. The summed E-state index contributed by atoms with van der Waals surface area (Å²) in [5.74, 6) is -0.299. The summed E-state index contributed by atoms with van der Waals surface area (Å²) in [4.78, 5) is 12.8. The summed E-state index contributed by atoms with van der Waals surface area (Å²) in [5, 5.41) is 11.9. The molecule has 174 valence electrons. The van der Waals surface area contributed by atoms with Gasteiger partial charge in [-0.15, -0.1) is 0 Å². The molecule has 0 saturated heterocycles. The van der Waals surface area contributed by atoms with E-state index in [4.69, 9.17) is 4.74 Å². The molecule has 0 unspecified atom stereocenters. The number of halogens is 6. The first-order valence-electron chi connectivity index (χ1n) is 9.86. The quantitative estimate of drug-likeness (QED) is 0.465. The van der Waals surface area contributed by atoms with Crippen LogP contribution in [0.4, 0.5) is 32.0 Å². The molecular formula is C22H21F6NO3. The fraction of sp³-hybridized carbons (Fsp3) is 0.409. The average molecular weight is 461 g/mol. The molecule has 3 rings (SSSR count). The van der Waals surface area contributed by atoms with Crippen LogP contribution in [0.5, 0.6) is 5.75 Å². The van der Waals surface area contributed by atoms with Crippen LogP contribution in [0.25, 0.3) is 0 Å². The number of hydrogen-bond donors (Lipinski definition) is 2. The molecule has 0 atom stereocenters. The van der Waals surface area contributed by atoms with Gasteiger partial charge >= 0.3 is 12.4 Å². The van der Waals surface area contributed by atoms with Gasteiger partial charge in [0.1, 0.15) is 5.75 Å². The van der Waals surface area contributed by atoms with Gasteiger partial charge in [-0.3, -0.25) is 4.79 Å². The zero-order valence-corrected chi connectivity index (χ0v) is 17.0. The number of methoxy groups -OCH3 is 1. The minimum atomic E-state index is -5.98. The Balaban J connectivity index is 1.88. The van der Waals surface area contributed by atoms with E-state index >= 15 is 0 Å². The zero-order valence-electron chi connectivity index (χ0n) is 17.0. The van der Waals surface area contributed by atoms with Gasteiger partial charge in [0.25, 0.3) is 11.5 Å². The summed E-state index contributed by atoms with van der Waals surface area (Å²) >= 11 is 0. The topological polar surface area (TPSA) is 58.6 Å². The molecule has 32 heavy (non-hydrogen) atoms. The van der Waals surface area contributed by atoms with Crippen molar-refractivity contribution >= 4 is 11.6 Å². The lowest BCUT2D eigenvalue weighted by Crippen LogP contribution is -2.53. The van der Waals surface area contributed by atoms with Gasteiger partial charge in [0, 0.05) is 11.3 Å². The van der Waals surface area contributed by atoms with Crippen molar-refractivity contribution in [2.75, 3.05) is 12.4 Å². The molecule has 10 heteroatoms. The first-order valence-corrected chi connectivity index (χ1v) is 9.86. The van der Waals surface area contributed by atoms with E-state index in [0.717, 1.165) is 55.4 Å². The van der Waals surface area contributed by atoms with Gasteiger partial charge in [-0.1, -0.05) is 18.6 Å². The van der Waals surface area contributed by atoms with Crippen molar-refractivity contribution in [2.45, 2.75) is 50.1 Å². The maximum Gasteiger partial charge on any atom is 0.430 e. The summed E-state index contributed by atoms with van der Waals surface area (Å²) < 4.78 is 83.4. The number of aliphatic hydroxyl groups is 1. The van der Waals surface area contributed by atoms with Crippen molar-refractivity contribution in [1.29, 1.82) is 0 Å². The number of benzene rings is 2. The van der Waals surface area contributed by atoms with E-state index in [1.165, 1.54) is 7.11 Å². The summed E-state index contributed by atoms with van der Waals surface area (Å²) in [6.07, 6.45) is -7.25. The molecule has 0 bridgehead atoms. The number of hydrogen-bond acceptors (Lipinski definition) is 3. The van der Waals surface area contributed by atoms with Crippen molar-refractivity contribution < 1.29 is 41.0 Å².